The molecule has 1 saturated carbocycles. The van der Waals surface area contributed by atoms with Crippen molar-refractivity contribution in [1.29, 1.82) is 0 Å². The molecule has 0 aromatic carbocycles. The van der Waals surface area contributed by atoms with Crippen molar-refractivity contribution in [2.45, 2.75) is 64.8 Å². The smallest absolute Gasteiger partial charge is 0.223 e. The Hall–Kier alpha value is -0.610. The fraction of sp³-hybridized carbons (Fsp3) is 0.944. The maximum atomic E-state index is 12.4. The van der Waals surface area contributed by atoms with Gasteiger partial charge in [0.2, 0.25) is 5.91 Å². The number of ether oxygens (including phenoxy) is 1. The molecule has 0 spiro atoms. The molecule has 2 fully saturated rings. The first kappa shape index (κ1) is 17.7. The highest BCUT2D eigenvalue weighted by atomic mass is 16.5. The van der Waals surface area contributed by atoms with Gasteiger partial charge in [-0.15, -0.1) is 0 Å². The second-order valence-electron chi connectivity index (χ2n) is 6.87. The molecule has 0 bridgehead atoms. The van der Waals surface area contributed by atoms with Crippen molar-refractivity contribution < 1.29 is 9.53 Å². The van der Waals surface area contributed by atoms with Crippen LogP contribution in [0.1, 0.15) is 58.8 Å². The predicted molar refractivity (Wildman–Crippen MR) is 89.8 cm³/mol. The summed E-state index contributed by atoms with van der Waals surface area (Å²) in [5.41, 5.74) is 0. The average molecular weight is 310 g/mol. The second kappa shape index (κ2) is 9.51. The van der Waals surface area contributed by atoms with Crippen LogP contribution in [0.4, 0.5) is 0 Å². The molecular formula is C18H34N2O2. The van der Waals surface area contributed by atoms with E-state index < -0.39 is 0 Å². The van der Waals surface area contributed by atoms with Gasteiger partial charge in [-0.2, -0.15) is 0 Å². The summed E-state index contributed by atoms with van der Waals surface area (Å²) >= 11 is 0. The summed E-state index contributed by atoms with van der Waals surface area (Å²) in [6.45, 7) is 9.00. The van der Waals surface area contributed by atoms with Crippen LogP contribution in [0.5, 0.6) is 0 Å². The highest BCUT2D eigenvalue weighted by molar-refractivity contribution is 5.78. The minimum atomic E-state index is 0.265. The molecule has 1 N–H and O–H groups in total. The van der Waals surface area contributed by atoms with Gasteiger partial charge in [-0.1, -0.05) is 46.0 Å². The van der Waals surface area contributed by atoms with Crippen LogP contribution in [0.15, 0.2) is 0 Å². The van der Waals surface area contributed by atoms with Crippen LogP contribution in [0.2, 0.25) is 0 Å². The van der Waals surface area contributed by atoms with Crippen molar-refractivity contribution >= 4 is 5.91 Å². The topological polar surface area (TPSA) is 41.6 Å². The maximum absolute atomic E-state index is 12.4. The lowest BCUT2D eigenvalue weighted by molar-refractivity contribution is -0.126. The lowest BCUT2D eigenvalue weighted by Crippen LogP contribution is -2.52. The van der Waals surface area contributed by atoms with Crippen molar-refractivity contribution in [2.75, 3.05) is 32.8 Å². The number of nitrogens with zero attached hydrogens (tertiary/aromatic N) is 1. The first-order valence-electron chi connectivity index (χ1n) is 9.35. The number of nitrogens with one attached hydrogen (secondary N) is 1. The highest BCUT2D eigenvalue weighted by Crippen LogP contribution is 2.24. The van der Waals surface area contributed by atoms with E-state index in [2.05, 4.69) is 24.1 Å². The number of carbonyl (C=O) groups excluding carboxylic acids is 1. The van der Waals surface area contributed by atoms with E-state index in [9.17, 15) is 4.79 Å². The summed E-state index contributed by atoms with van der Waals surface area (Å²) in [5, 5.41) is 3.28. The monoisotopic (exact) mass is 310 g/mol. The van der Waals surface area contributed by atoms with E-state index in [0.717, 1.165) is 45.7 Å². The maximum Gasteiger partial charge on any atom is 0.223 e. The van der Waals surface area contributed by atoms with Crippen LogP contribution >= 0.6 is 0 Å². The summed E-state index contributed by atoms with van der Waals surface area (Å²) in [4.78, 5) is 15.0. The Morgan fingerprint density at radius 2 is 1.77 bits per heavy atom. The molecule has 0 radical (unpaired) electrons. The van der Waals surface area contributed by atoms with Gasteiger partial charge in [0.05, 0.1) is 13.2 Å². The third-order valence-electron chi connectivity index (χ3n) is 5.57. The SMILES string of the molecule is CCC(CC)C(CNC(=O)C1CCCCC1)N1CCOCC1. The quantitative estimate of drug-likeness (QED) is 0.786. The minimum Gasteiger partial charge on any atom is -0.379 e. The van der Waals surface area contributed by atoms with E-state index in [-0.39, 0.29) is 5.92 Å². The Kier molecular flexibility index (Phi) is 7.67. The molecule has 1 aliphatic heterocycles. The minimum absolute atomic E-state index is 0.265. The molecule has 1 unspecified atom stereocenters. The van der Waals surface area contributed by atoms with Crippen LogP contribution in [0.25, 0.3) is 0 Å². The van der Waals surface area contributed by atoms with Crippen molar-refractivity contribution in [3.05, 3.63) is 0 Å². The zero-order chi connectivity index (χ0) is 15.8. The van der Waals surface area contributed by atoms with Gasteiger partial charge < -0.3 is 10.1 Å². The predicted octanol–water partition coefficient (Wildman–Crippen LogP) is 2.82. The lowest BCUT2D eigenvalue weighted by Gasteiger charge is -2.39. The van der Waals surface area contributed by atoms with E-state index in [1.807, 2.05) is 0 Å². The standard InChI is InChI=1S/C18H34N2O2/c1-3-15(4-2)17(20-10-12-22-13-11-20)14-19-18(21)16-8-6-5-7-9-16/h15-17H,3-14H2,1-2H3,(H,19,21). The Labute approximate surface area is 136 Å². The van der Waals surface area contributed by atoms with E-state index in [1.165, 1.54) is 32.1 Å². The number of rotatable bonds is 7. The first-order chi connectivity index (χ1) is 10.8. The number of carbonyl (C=O) groups is 1. The molecule has 2 aliphatic rings. The van der Waals surface area contributed by atoms with Gasteiger partial charge in [0, 0.05) is 31.6 Å². The van der Waals surface area contributed by atoms with E-state index in [1.54, 1.807) is 0 Å². The number of hydrogen-bond donors (Lipinski definition) is 1. The molecule has 0 aromatic heterocycles. The first-order valence-corrected chi connectivity index (χ1v) is 9.35. The molecule has 4 nitrogen and oxygen atoms in total. The average Bonchev–Trinajstić information content (AvgIpc) is 2.60. The summed E-state index contributed by atoms with van der Waals surface area (Å²) in [6, 6.07) is 0.464. The van der Waals surface area contributed by atoms with Crippen molar-refractivity contribution in [3.8, 4) is 0 Å². The van der Waals surface area contributed by atoms with E-state index in [4.69, 9.17) is 4.74 Å². The largest absolute Gasteiger partial charge is 0.379 e. The van der Waals surface area contributed by atoms with Crippen molar-refractivity contribution in [3.63, 3.8) is 0 Å². The van der Waals surface area contributed by atoms with Crippen molar-refractivity contribution in [1.82, 2.24) is 10.2 Å². The van der Waals surface area contributed by atoms with Crippen molar-refractivity contribution in [2.24, 2.45) is 11.8 Å². The van der Waals surface area contributed by atoms with Crippen LogP contribution in [0.3, 0.4) is 0 Å². The molecule has 4 heteroatoms. The molecule has 1 aliphatic carbocycles. The van der Waals surface area contributed by atoms with Crippen LogP contribution < -0.4 is 5.32 Å². The zero-order valence-electron chi connectivity index (χ0n) is 14.5. The Bertz CT molecular complexity index is 319. The van der Waals surface area contributed by atoms with E-state index >= 15 is 0 Å². The molecule has 0 aromatic rings. The molecule has 2 rings (SSSR count). The third kappa shape index (κ3) is 4.95. The molecule has 22 heavy (non-hydrogen) atoms. The van der Waals surface area contributed by atoms with Gasteiger partial charge in [-0.05, 0) is 18.8 Å². The molecular weight excluding hydrogens is 276 g/mol. The van der Waals surface area contributed by atoms with Gasteiger partial charge in [-0.3, -0.25) is 9.69 Å². The fourth-order valence-electron chi connectivity index (χ4n) is 4.05. The van der Waals surface area contributed by atoms with Crippen LogP contribution in [-0.4, -0.2) is 49.7 Å². The molecule has 1 amide bonds. The fourth-order valence-corrected chi connectivity index (χ4v) is 4.05. The molecule has 1 saturated heterocycles. The highest BCUT2D eigenvalue weighted by Gasteiger charge is 2.28. The second-order valence-corrected chi connectivity index (χ2v) is 6.87. The van der Waals surface area contributed by atoms with Gasteiger partial charge in [0.25, 0.3) is 0 Å². The van der Waals surface area contributed by atoms with Gasteiger partial charge >= 0.3 is 0 Å². The number of hydrogen-bond acceptors (Lipinski definition) is 3. The van der Waals surface area contributed by atoms with Gasteiger partial charge in [-0.25, -0.2) is 0 Å². The number of amides is 1. The van der Waals surface area contributed by atoms with E-state index in [0.29, 0.717) is 17.9 Å². The summed E-state index contributed by atoms with van der Waals surface area (Å²) < 4.78 is 5.49. The third-order valence-corrected chi connectivity index (χ3v) is 5.57. The van der Waals surface area contributed by atoms with Gasteiger partial charge in [0.15, 0.2) is 0 Å². The lowest BCUT2D eigenvalue weighted by atomic mass is 9.88. The molecule has 128 valence electrons. The normalized spacial score (nSPS) is 22.7. The summed E-state index contributed by atoms with van der Waals surface area (Å²) in [5.74, 6) is 1.22. The Morgan fingerprint density at radius 3 is 2.36 bits per heavy atom. The summed E-state index contributed by atoms with van der Waals surface area (Å²) in [6.07, 6.45) is 8.26. The number of morpholine rings is 1. The van der Waals surface area contributed by atoms with Gasteiger partial charge in [0.1, 0.15) is 0 Å². The summed E-state index contributed by atoms with van der Waals surface area (Å²) in [7, 11) is 0. The zero-order valence-corrected chi connectivity index (χ0v) is 14.5. The Morgan fingerprint density at radius 1 is 1.14 bits per heavy atom. The van der Waals surface area contributed by atoms with Crippen LogP contribution in [0, 0.1) is 11.8 Å². The van der Waals surface area contributed by atoms with Crippen LogP contribution in [-0.2, 0) is 9.53 Å². The molecule has 1 atom stereocenters. The molecule has 1 heterocycles. The Balaban J connectivity index is 1.88.